The molecule has 0 saturated carbocycles. The third kappa shape index (κ3) is 3.03. The number of aliphatic hydroxyl groups excluding tert-OH is 1. The minimum Gasteiger partial charge on any atom is -0.395 e. The topological polar surface area (TPSA) is 66.6 Å². The van der Waals surface area contributed by atoms with Gasteiger partial charge in [0.2, 0.25) is 0 Å². The van der Waals surface area contributed by atoms with Crippen molar-refractivity contribution >= 4 is 34.0 Å². The summed E-state index contributed by atoms with van der Waals surface area (Å²) in [5.74, 6) is 0. The van der Waals surface area contributed by atoms with Crippen molar-refractivity contribution in [2.75, 3.05) is 25.1 Å². The summed E-state index contributed by atoms with van der Waals surface area (Å²) >= 11 is 2.03. The molecule has 0 heterocycles. The van der Waals surface area contributed by atoms with Gasteiger partial charge in [-0.2, -0.15) is 0 Å². The van der Waals surface area contributed by atoms with Crippen molar-refractivity contribution in [3.8, 4) is 0 Å². The van der Waals surface area contributed by atoms with E-state index in [0.29, 0.717) is 12.2 Å². The van der Waals surface area contributed by atoms with Crippen LogP contribution in [0.2, 0.25) is 0 Å². The fourth-order valence-electron chi connectivity index (χ4n) is 1.24. The average molecular weight is 322 g/mol. The number of benzene rings is 1. The summed E-state index contributed by atoms with van der Waals surface area (Å²) in [7, 11) is 1.71. The van der Waals surface area contributed by atoms with Crippen LogP contribution in [0.3, 0.4) is 0 Å². The zero-order valence-corrected chi connectivity index (χ0v) is 10.3. The highest BCUT2D eigenvalue weighted by atomic mass is 127. The molecule has 5 nitrogen and oxygen atoms in total. The van der Waals surface area contributed by atoms with Crippen molar-refractivity contribution in [2.24, 2.45) is 0 Å². The molecule has 0 amide bonds. The number of hydrogen-bond donors (Lipinski definition) is 1. The van der Waals surface area contributed by atoms with Crippen LogP contribution in [0, 0.1) is 13.7 Å². The molecule has 15 heavy (non-hydrogen) atoms. The van der Waals surface area contributed by atoms with E-state index < -0.39 is 4.92 Å². The monoisotopic (exact) mass is 322 g/mol. The molecule has 1 rings (SSSR count). The summed E-state index contributed by atoms with van der Waals surface area (Å²) < 4.78 is 0.820. The first-order chi connectivity index (χ1) is 7.06. The molecule has 0 aliphatic rings. The van der Waals surface area contributed by atoms with Crippen LogP contribution in [0.5, 0.6) is 0 Å². The standard InChI is InChI=1S/C9H11IN2O3/c1-11(4-5-13)8-3-2-7(10)6-9(8)12(14)15/h2-3,6,13H,4-5H2,1H3. The van der Waals surface area contributed by atoms with Gasteiger partial charge >= 0.3 is 0 Å². The van der Waals surface area contributed by atoms with Crippen molar-refractivity contribution in [1.29, 1.82) is 0 Å². The van der Waals surface area contributed by atoms with E-state index in [1.165, 1.54) is 6.07 Å². The second kappa shape index (κ2) is 5.26. The van der Waals surface area contributed by atoms with Crippen molar-refractivity contribution in [3.63, 3.8) is 0 Å². The summed E-state index contributed by atoms with van der Waals surface area (Å²) in [6.07, 6.45) is 0. The van der Waals surface area contributed by atoms with Crippen LogP contribution in [0.1, 0.15) is 0 Å². The van der Waals surface area contributed by atoms with Crippen LogP contribution >= 0.6 is 22.6 Å². The maximum absolute atomic E-state index is 10.8. The Morgan fingerprint density at radius 2 is 2.27 bits per heavy atom. The molecule has 0 fully saturated rings. The second-order valence-electron chi connectivity index (χ2n) is 3.04. The zero-order chi connectivity index (χ0) is 11.4. The first kappa shape index (κ1) is 12.2. The van der Waals surface area contributed by atoms with Crippen molar-refractivity contribution in [1.82, 2.24) is 0 Å². The van der Waals surface area contributed by atoms with Crippen LogP contribution in [0.4, 0.5) is 11.4 Å². The average Bonchev–Trinajstić information content (AvgIpc) is 2.17. The van der Waals surface area contributed by atoms with E-state index in [0.717, 1.165) is 3.57 Å². The van der Waals surface area contributed by atoms with Gasteiger partial charge in [-0.1, -0.05) is 0 Å². The first-order valence-corrected chi connectivity index (χ1v) is 5.40. The van der Waals surface area contributed by atoms with E-state index in [1.54, 1.807) is 24.1 Å². The molecule has 0 aliphatic heterocycles. The number of nitrogens with zero attached hydrogens (tertiary/aromatic N) is 2. The van der Waals surface area contributed by atoms with Crippen molar-refractivity contribution < 1.29 is 10.0 Å². The highest BCUT2D eigenvalue weighted by Gasteiger charge is 2.16. The minimum atomic E-state index is -0.411. The minimum absolute atomic E-state index is 0.0281. The molecular weight excluding hydrogens is 311 g/mol. The molecule has 82 valence electrons. The van der Waals surface area contributed by atoms with Crippen LogP contribution in [-0.2, 0) is 0 Å². The van der Waals surface area contributed by atoms with Crippen molar-refractivity contribution in [2.45, 2.75) is 0 Å². The lowest BCUT2D eigenvalue weighted by molar-refractivity contribution is -0.384. The largest absolute Gasteiger partial charge is 0.395 e. The zero-order valence-electron chi connectivity index (χ0n) is 8.18. The number of hydrogen-bond acceptors (Lipinski definition) is 4. The maximum atomic E-state index is 10.8. The van der Waals surface area contributed by atoms with Crippen LogP contribution in [0.15, 0.2) is 18.2 Å². The molecule has 0 unspecified atom stereocenters. The second-order valence-corrected chi connectivity index (χ2v) is 4.28. The smallest absolute Gasteiger partial charge is 0.293 e. The SMILES string of the molecule is CN(CCO)c1ccc(I)cc1[N+](=O)[O-]. The van der Waals surface area contributed by atoms with Gasteiger partial charge in [0.05, 0.1) is 11.5 Å². The van der Waals surface area contributed by atoms with E-state index in [9.17, 15) is 10.1 Å². The van der Waals surface area contributed by atoms with Gasteiger partial charge < -0.3 is 10.0 Å². The lowest BCUT2D eigenvalue weighted by atomic mass is 10.2. The summed E-state index contributed by atoms with van der Waals surface area (Å²) in [5.41, 5.74) is 0.590. The van der Waals surface area contributed by atoms with Crippen LogP contribution < -0.4 is 4.90 Å². The number of rotatable bonds is 4. The van der Waals surface area contributed by atoms with Gasteiger partial charge in [-0.05, 0) is 34.7 Å². The van der Waals surface area contributed by atoms with Crippen molar-refractivity contribution in [3.05, 3.63) is 31.9 Å². The Balaban J connectivity index is 3.10. The number of halogens is 1. The summed E-state index contributed by atoms with van der Waals surface area (Å²) in [4.78, 5) is 12.0. The summed E-state index contributed by atoms with van der Waals surface area (Å²) in [5, 5.41) is 19.6. The summed E-state index contributed by atoms with van der Waals surface area (Å²) in [6, 6.07) is 5.01. The molecule has 0 radical (unpaired) electrons. The molecule has 1 aromatic rings. The molecule has 0 aromatic heterocycles. The number of nitro benzene ring substituents is 1. The normalized spacial score (nSPS) is 10.1. The number of anilines is 1. The predicted octanol–water partition coefficient (Wildman–Crippen LogP) is 1.63. The highest BCUT2D eigenvalue weighted by molar-refractivity contribution is 14.1. The lowest BCUT2D eigenvalue weighted by Gasteiger charge is -2.17. The Morgan fingerprint density at radius 1 is 1.60 bits per heavy atom. The Morgan fingerprint density at radius 3 is 2.80 bits per heavy atom. The van der Waals surface area contributed by atoms with E-state index in [1.807, 2.05) is 22.6 Å². The summed E-state index contributed by atoms with van der Waals surface area (Å²) in [6.45, 7) is 0.348. The first-order valence-electron chi connectivity index (χ1n) is 4.32. The number of aliphatic hydroxyl groups is 1. The highest BCUT2D eigenvalue weighted by Crippen LogP contribution is 2.28. The predicted molar refractivity (Wildman–Crippen MR) is 66.2 cm³/mol. The Labute approximate surface area is 101 Å². The fraction of sp³-hybridized carbons (Fsp3) is 0.333. The van der Waals surface area contributed by atoms with Gasteiger partial charge in [0, 0.05) is 23.2 Å². The maximum Gasteiger partial charge on any atom is 0.293 e. The molecule has 1 N–H and O–H groups in total. The fourth-order valence-corrected chi connectivity index (χ4v) is 1.71. The Hall–Kier alpha value is -0.890. The molecule has 0 aliphatic carbocycles. The lowest BCUT2D eigenvalue weighted by Crippen LogP contribution is -2.22. The van der Waals surface area contributed by atoms with Gasteiger partial charge in [0.25, 0.3) is 5.69 Å². The van der Waals surface area contributed by atoms with E-state index in [4.69, 9.17) is 5.11 Å². The Kier molecular flexibility index (Phi) is 4.28. The van der Waals surface area contributed by atoms with Gasteiger partial charge in [-0.15, -0.1) is 0 Å². The third-order valence-electron chi connectivity index (χ3n) is 1.98. The molecule has 0 atom stereocenters. The van der Waals surface area contributed by atoms with Gasteiger partial charge in [-0.25, -0.2) is 0 Å². The van der Waals surface area contributed by atoms with E-state index in [-0.39, 0.29) is 12.3 Å². The van der Waals surface area contributed by atoms with Crippen LogP contribution in [-0.4, -0.2) is 30.2 Å². The number of likely N-dealkylation sites (N-methyl/N-ethyl adjacent to an activating group) is 1. The molecule has 0 spiro atoms. The quantitative estimate of drug-likeness (QED) is 0.520. The molecular formula is C9H11IN2O3. The molecule has 1 aromatic carbocycles. The third-order valence-corrected chi connectivity index (χ3v) is 2.65. The molecule has 0 bridgehead atoms. The van der Waals surface area contributed by atoms with E-state index >= 15 is 0 Å². The van der Waals surface area contributed by atoms with Gasteiger partial charge in [-0.3, -0.25) is 10.1 Å². The van der Waals surface area contributed by atoms with Crippen LogP contribution in [0.25, 0.3) is 0 Å². The Bertz CT molecular complexity index is 370. The van der Waals surface area contributed by atoms with Gasteiger partial charge in [0.1, 0.15) is 5.69 Å². The molecule has 0 saturated heterocycles. The molecule has 6 heteroatoms. The van der Waals surface area contributed by atoms with E-state index in [2.05, 4.69) is 0 Å². The number of nitro groups is 1. The van der Waals surface area contributed by atoms with Gasteiger partial charge in [0.15, 0.2) is 0 Å².